The monoisotopic (exact) mass is 213 g/mol. The van der Waals surface area contributed by atoms with Crippen molar-refractivity contribution in [2.24, 2.45) is 0 Å². The molecule has 1 aromatic carbocycles. The Morgan fingerprint density at radius 2 is 2.36 bits per heavy atom. The van der Waals surface area contributed by atoms with E-state index >= 15 is 0 Å². The van der Waals surface area contributed by atoms with Crippen molar-refractivity contribution in [3.8, 4) is 5.75 Å². The number of hydrogen-bond donors (Lipinski definition) is 2. The fourth-order valence-electron chi connectivity index (χ4n) is 1.36. The van der Waals surface area contributed by atoms with Crippen molar-refractivity contribution in [2.45, 2.75) is 6.04 Å². The quantitative estimate of drug-likeness (QED) is 0.748. The van der Waals surface area contributed by atoms with Crippen LogP contribution in [0.25, 0.3) is 0 Å². The third-order valence-corrected chi connectivity index (χ3v) is 2.27. The molecule has 0 aromatic heterocycles. The fourth-order valence-corrected chi connectivity index (χ4v) is 1.54. The van der Waals surface area contributed by atoms with E-state index in [2.05, 4.69) is 5.32 Å². The molecule has 0 bridgehead atoms. The molecule has 1 heterocycles. The maximum Gasteiger partial charge on any atom is 0.407 e. The van der Waals surface area contributed by atoms with Crippen LogP contribution in [0, 0.1) is 0 Å². The highest BCUT2D eigenvalue weighted by Crippen LogP contribution is 2.29. The van der Waals surface area contributed by atoms with E-state index in [4.69, 9.17) is 16.3 Å². The van der Waals surface area contributed by atoms with E-state index in [-0.39, 0.29) is 18.4 Å². The van der Waals surface area contributed by atoms with Gasteiger partial charge in [0.2, 0.25) is 0 Å². The number of carbonyl (C=O) groups is 1. The molecule has 1 fully saturated rings. The summed E-state index contributed by atoms with van der Waals surface area (Å²) in [6.45, 7) is 0.215. The summed E-state index contributed by atoms with van der Waals surface area (Å²) >= 11 is 5.77. The van der Waals surface area contributed by atoms with Crippen molar-refractivity contribution >= 4 is 17.7 Å². The molecule has 0 saturated carbocycles. The van der Waals surface area contributed by atoms with E-state index in [0.717, 1.165) is 0 Å². The highest BCUT2D eigenvalue weighted by atomic mass is 35.5. The fraction of sp³-hybridized carbons (Fsp3) is 0.222. The molecule has 0 radical (unpaired) electrons. The van der Waals surface area contributed by atoms with E-state index < -0.39 is 6.09 Å². The van der Waals surface area contributed by atoms with Crippen molar-refractivity contribution in [3.63, 3.8) is 0 Å². The minimum Gasteiger partial charge on any atom is -0.508 e. The lowest BCUT2D eigenvalue weighted by Crippen LogP contribution is -2.18. The molecular formula is C9H8ClNO3. The molecule has 0 aliphatic carbocycles. The Morgan fingerprint density at radius 1 is 1.57 bits per heavy atom. The Kier molecular flexibility index (Phi) is 2.21. The molecule has 1 amide bonds. The highest BCUT2D eigenvalue weighted by Gasteiger charge is 2.25. The summed E-state index contributed by atoms with van der Waals surface area (Å²) in [6.07, 6.45) is -0.477. The van der Waals surface area contributed by atoms with Crippen LogP contribution in [0.3, 0.4) is 0 Å². The molecule has 2 N–H and O–H groups in total. The van der Waals surface area contributed by atoms with Gasteiger partial charge in [-0.15, -0.1) is 0 Å². The van der Waals surface area contributed by atoms with Crippen LogP contribution < -0.4 is 5.32 Å². The summed E-state index contributed by atoms with van der Waals surface area (Å²) in [7, 11) is 0. The van der Waals surface area contributed by atoms with Crippen molar-refractivity contribution in [1.82, 2.24) is 5.32 Å². The Morgan fingerprint density at radius 3 is 3.00 bits per heavy atom. The number of alkyl carbamates (subject to hydrolysis) is 1. The minimum absolute atomic E-state index is 0.102. The zero-order valence-corrected chi connectivity index (χ0v) is 7.91. The largest absolute Gasteiger partial charge is 0.508 e. The Labute approximate surface area is 85.4 Å². The van der Waals surface area contributed by atoms with Crippen molar-refractivity contribution in [2.75, 3.05) is 6.61 Å². The van der Waals surface area contributed by atoms with Gasteiger partial charge in [-0.2, -0.15) is 0 Å². The smallest absolute Gasteiger partial charge is 0.407 e. The first-order chi connectivity index (χ1) is 6.66. The topological polar surface area (TPSA) is 58.6 Å². The van der Waals surface area contributed by atoms with Gasteiger partial charge in [-0.05, 0) is 18.2 Å². The van der Waals surface area contributed by atoms with E-state index in [1.165, 1.54) is 6.07 Å². The average Bonchev–Trinajstić information content (AvgIpc) is 2.56. The second-order valence-electron chi connectivity index (χ2n) is 3.00. The third kappa shape index (κ3) is 1.61. The molecule has 1 aliphatic rings. The van der Waals surface area contributed by atoms with Crippen molar-refractivity contribution in [1.29, 1.82) is 0 Å². The number of amides is 1. The summed E-state index contributed by atoms with van der Waals surface area (Å²) in [5.41, 5.74) is 0.573. The number of hydrogen-bond acceptors (Lipinski definition) is 3. The summed E-state index contributed by atoms with van der Waals surface area (Å²) in [6, 6.07) is 4.36. The van der Waals surface area contributed by atoms with E-state index in [9.17, 15) is 9.90 Å². The number of rotatable bonds is 1. The second kappa shape index (κ2) is 3.38. The van der Waals surface area contributed by atoms with Gasteiger partial charge in [0.05, 0.1) is 6.04 Å². The summed E-state index contributed by atoms with van der Waals surface area (Å²) in [5, 5.41) is 12.6. The number of aromatic hydroxyl groups is 1. The number of phenols is 1. The first-order valence-corrected chi connectivity index (χ1v) is 4.46. The molecule has 1 aliphatic heterocycles. The predicted octanol–water partition coefficient (Wildman–Crippen LogP) is 1.83. The average molecular weight is 214 g/mol. The normalized spacial score (nSPS) is 20.4. The zero-order chi connectivity index (χ0) is 10.1. The SMILES string of the molecule is O=C1N[C@H](c2cc(Cl)ccc2O)CO1. The van der Waals surface area contributed by atoms with Gasteiger partial charge in [0.1, 0.15) is 12.4 Å². The first-order valence-electron chi connectivity index (χ1n) is 4.08. The van der Waals surface area contributed by atoms with Crippen LogP contribution in [-0.4, -0.2) is 17.8 Å². The molecule has 0 spiro atoms. The lowest BCUT2D eigenvalue weighted by atomic mass is 10.1. The van der Waals surface area contributed by atoms with Crippen molar-refractivity contribution < 1.29 is 14.6 Å². The van der Waals surface area contributed by atoms with Crippen LogP contribution in [0.1, 0.15) is 11.6 Å². The molecule has 14 heavy (non-hydrogen) atoms. The molecule has 2 rings (SSSR count). The van der Waals surface area contributed by atoms with E-state index in [1.807, 2.05) is 0 Å². The number of carbonyl (C=O) groups excluding carboxylic acids is 1. The lowest BCUT2D eigenvalue weighted by molar-refractivity contribution is 0.177. The number of nitrogens with one attached hydrogen (secondary N) is 1. The molecule has 0 unspecified atom stereocenters. The van der Waals surface area contributed by atoms with Crippen LogP contribution in [0.2, 0.25) is 5.02 Å². The second-order valence-corrected chi connectivity index (χ2v) is 3.43. The number of benzene rings is 1. The van der Waals surface area contributed by atoms with Gasteiger partial charge in [-0.1, -0.05) is 11.6 Å². The molecule has 1 atom stereocenters. The van der Waals surface area contributed by atoms with Gasteiger partial charge in [-0.25, -0.2) is 4.79 Å². The van der Waals surface area contributed by atoms with Crippen LogP contribution in [0.5, 0.6) is 5.75 Å². The molecule has 1 saturated heterocycles. The van der Waals surface area contributed by atoms with Crippen LogP contribution in [-0.2, 0) is 4.74 Å². The Bertz CT molecular complexity index is 380. The van der Waals surface area contributed by atoms with Gasteiger partial charge >= 0.3 is 6.09 Å². The predicted molar refractivity (Wildman–Crippen MR) is 50.3 cm³/mol. The maximum absolute atomic E-state index is 10.8. The van der Waals surface area contributed by atoms with Crippen LogP contribution in [0.4, 0.5) is 4.79 Å². The van der Waals surface area contributed by atoms with Crippen LogP contribution in [0.15, 0.2) is 18.2 Å². The zero-order valence-electron chi connectivity index (χ0n) is 7.16. The minimum atomic E-state index is -0.477. The molecule has 1 aromatic rings. The number of phenolic OH excluding ortho intramolecular Hbond substituents is 1. The number of ether oxygens (including phenoxy) is 1. The highest BCUT2D eigenvalue weighted by molar-refractivity contribution is 6.30. The summed E-state index contributed by atoms with van der Waals surface area (Å²) < 4.78 is 4.71. The third-order valence-electron chi connectivity index (χ3n) is 2.04. The Balaban J connectivity index is 2.31. The first kappa shape index (κ1) is 9.15. The Hall–Kier alpha value is -1.42. The maximum atomic E-state index is 10.8. The summed E-state index contributed by atoms with van der Waals surface area (Å²) in [5.74, 6) is 0.102. The molecule has 74 valence electrons. The molecule has 4 nitrogen and oxygen atoms in total. The number of cyclic esters (lactones) is 1. The van der Waals surface area contributed by atoms with Gasteiger partial charge in [0, 0.05) is 10.6 Å². The van der Waals surface area contributed by atoms with Gasteiger partial charge in [0.25, 0.3) is 0 Å². The lowest BCUT2D eigenvalue weighted by Gasteiger charge is -2.09. The van der Waals surface area contributed by atoms with Gasteiger partial charge < -0.3 is 15.2 Å². The van der Waals surface area contributed by atoms with Crippen molar-refractivity contribution in [3.05, 3.63) is 28.8 Å². The van der Waals surface area contributed by atoms with Crippen LogP contribution >= 0.6 is 11.6 Å². The van der Waals surface area contributed by atoms with E-state index in [1.54, 1.807) is 12.1 Å². The van der Waals surface area contributed by atoms with Gasteiger partial charge in [-0.3, -0.25) is 0 Å². The summed E-state index contributed by atoms with van der Waals surface area (Å²) in [4.78, 5) is 10.8. The molecular weight excluding hydrogens is 206 g/mol. The van der Waals surface area contributed by atoms with Gasteiger partial charge in [0.15, 0.2) is 0 Å². The standard InChI is InChI=1S/C9H8ClNO3/c10-5-1-2-8(12)6(3-5)7-4-14-9(13)11-7/h1-3,7,12H,4H2,(H,11,13)/t7-/m0/s1. The van der Waals surface area contributed by atoms with E-state index in [0.29, 0.717) is 10.6 Å². The molecule has 5 heteroatoms. The number of halogens is 1.